The molecule has 2 rings (SSSR count). The van der Waals surface area contributed by atoms with Crippen molar-refractivity contribution in [3.63, 3.8) is 0 Å². The topological polar surface area (TPSA) is 126 Å². The first kappa shape index (κ1) is 25.0. The van der Waals surface area contributed by atoms with Gasteiger partial charge in [-0.2, -0.15) is 0 Å². The molecule has 0 spiro atoms. The number of hydrogen-bond acceptors (Lipinski definition) is 9. The molecule has 0 aliphatic carbocycles. The zero-order valence-corrected chi connectivity index (χ0v) is 18.1. The molecule has 32 heavy (non-hydrogen) atoms. The monoisotopic (exact) mass is 449 g/mol. The lowest BCUT2D eigenvalue weighted by Crippen LogP contribution is -2.66. The van der Waals surface area contributed by atoms with Crippen molar-refractivity contribution in [2.24, 2.45) is 0 Å². The summed E-state index contributed by atoms with van der Waals surface area (Å²) in [6.07, 6.45) is -3.04. The van der Waals surface area contributed by atoms with Crippen LogP contribution in [-0.2, 0) is 38.1 Å². The molecular weight excluding hydrogens is 422 g/mol. The maximum Gasteiger partial charge on any atom is 0.303 e. The molecular formula is C22H27NO9. The molecule has 1 aliphatic rings. The van der Waals surface area contributed by atoms with Gasteiger partial charge in [0.05, 0.1) is 6.61 Å². The van der Waals surface area contributed by atoms with Crippen LogP contribution in [0, 0.1) is 0 Å². The second-order valence-corrected chi connectivity index (χ2v) is 6.98. The highest BCUT2D eigenvalue weighted by molar-refractivity contribution is 5.94. The Bertz CT molecular complexity index is 826. The Morgan fingerprint density at radius 1 is 1.00 bits per heavy atom. The molecule has 10 nitrogen and oxygen atoms in total. The van der Waals surface area contributed by atoms with Gasteiger partial charge in [0, 0.05) is 26.3 Å². The third kappa shape index (κ3) is 7.17. The normalized spacial score (nSPS) is 24.7. The lowest BCUT2D eigenvalue weighted by atomic mass is 9.95. The van der Waals surface area contributed by atoms with Crippen LogP contribution in [0.15, 0.2) is 43.0 Å². The quantitative estimate of drug-likeness (QED) is 0.335. The van der Waals surface area contributed by atoms with Crippen LogP contribution < -0.4 is 5.32 Å². The number of ether oxygens (including phenoxy) is 5. The highest BCUT2D eigenvalue weighted by atomic mass is 16.7. The van der Waals surface area contributed by atoms with E-state index in [1.807, 2.05) is 0 Å². The summed E-state index contributed by atoms with van der Waals surface area (Å²) in [5.41, 5.74) is 0.350. The van der Waals surface area contributed by atoms with E-state index in [0.29, 0.717) is 5.56 Å². The number of rotatable bonds is 9. The van der Waals surface area contributed by atoms with E-state index >= 15 is 0 Å². The summed E-state index contributed by atoms with van der Waals surface area (Å²) in [6, 6.07) is 7.30. The number of carbonyl (C=O) groups is 4. The fraction of sp³-hybridized carbons (Fsp3) is 0.455. The molecule has 0 saturated carbocycles. The van der Waals surface area contributed by atoms with E-state index in [2.05, 4.69) is 11.9 Å². The average Bonchev–Trinajstić information content (AvgIpc) is 2.74. The van der Waals surface area contributed by atoms with Gasteiger partial charge in [0.2, 0.25) is 0 Å². The molecule has 5 atom stereocenters. The van der Waals surface area contributed by atoms with Gasteiger partial charge in [0.15, 0.2) is 18.5 Å². The zero-order chi connectivity index (χ0) is 23.7. The van der Waals surface area contributed by atoms with Gasteiger partial charge in [-0.1, -0.05) is 24.3 Å². The summed E-state index contributed by atoms with van der Waals surface area (Å²) < 4.78 is 27.4. The van der Waals surface area contributed by atoms with Gasteiger partial charge in [-0.25, -0.2) is 0 Å². The molecule has 1 N–H and O–H groups in total. The zero-order valence-electron chi connectivity index (χ0n) is 18.1. The van der Waals surface area contributed by atoms with Crippen molar-refractivity contribution >= 4 is 23.8 Å². The van der Waals surface area contributed by atoms with Crippen LogP contribution in [-0.4, -0.2) is 67.7 Å². The molecule has 10 heteroatoms. The molecule has 0 radical (unpaired) electrons. The van der Waals surface area contributed by atoms with Crippen molar-refractivity contribution in [2.45, 2.75) is 51.4 Å². The van der Waals surface area contributed by atoms with Crippen LogP contribution >= 0.6 is 0 Å². The molecule has 1 heterocycles. The van der Waals surface area contributed by atoms with E-state index in [9.17, 15) is 19.2 Å². The van der Waals surface area contributed by atoms with Gasteiger partial charge in [-0.05, 0) is 12.1 Å². The molecule has 1 fully saturated rings. The summed E-state index contributed by atoms with van der Waals surface area (Å²) in [6.45, 7) is 6.90. The Morgan fingerprint density at radius 3 is 2.19 bits per heavy atom. The number of esters is 3. The summed E-state index contributed by atoms with van der Waals surface area (Å²) in [7, 11) is 0. The summed E-state index contributed by atoms with van der Waals surface area (Å²) >= 11 is 0. The third-order valence-electron chi connectivity index (χ3n) is 4.41. The molecule has 174 valence electrons. The SMILES string of the molecule is C=CCO[C@H]1O[C@H](COC(C)=O)[C@@H](OC(C)=O)[C@H](OC(C)=O)[C@H]1NC(=O)c1ccccc1. The van der Waals surface area contributed by atoms with Crippen molar-refractivity contribution in [1.29, 1.82) is 0 Å². The number of benzene rings is 1. The molecule has 1 aromatic rings. The molecule has 0 bridgehead atoms. The highest BCUT2D eigenvalue weighted by Crippen LogP contribution is 2.28. The van der Waals surface area contributed by atoms with Gasteiger partial charge in [0.25, 0.3) is 5.91 Å². The highest BCUT2D eigenvalue weighted by Gasteiger charge is 2.51. The van der Waals surface area contributed by atoms with E-state index in [1.165, 1.54) is 26.8 Å². The first-order chi connectivity index (χ1) is 15.2. The second-order valence-electron chi connectivity index (χ2n) is 6.98. The Morgan fingerprint density at radius 2 is 1.62 bits per heavy atom. The van der Waals surface area contributed by atoms with Crippen molar-refractivity contribution in [3.05, 3.63) is 48.6 Å². The minimum absolute atomic E-state index is 0.0493. The van der Waals surface area contributed by atoms with Gasteiger partial charge < -0.3 is 29.0 Å². The fourth-order valence-corrected chi connectivity index (χ4v) is 3.19. The molecule has 1 aromatic carbocycles. The van der Waals surface area contributed by atoms with Crippen LogP contribution in [0.3, 0.4) is 0 Å². The molecule has 1 amide bonds. The standard InChI is InChI=1S/C22H27NO9/c1-5-11-28-22-18(23-21(27)16-9-7-6-8-10-16)20(31-15(4)26)19(30-14(3)25)17(32-22)12-29-13(2)24/h5-10,17-20,22H,1,11-12H2,2-4H3,(H,23,27)/t17-,18-,19-,20-,22+/m1/s1. The summed E-state index contributed by atoms with van der Waals surface area (Å²) in [4.78, 5) is 47.8. The third-order valence-corrected chi connectivity index (χ3v) is 4.41. The minimum Gasteiger partial charge on any atom is -0.463 e. The second kappa shape index (κ2) is 12.0. The largest absolute Gasteiger partial charge is 0.463 e. The Labute approximate surface area is 185 Å². The molecule has 1 aliphatic heterocycles. The number of carbonyl (C=O) groups excluding carboxylic acids is 4. The Balaban J connectivity index is 2.41. The molecule has 0 aromatic heterocycles. The average molecular weight is 449 g/mol. The van der Waals surface area contributed by atoms with E-state index in [1.54, 1.807) is 30.3 Å². The fourth-order valence-electron chi connectivity index (χ4n) is 3.19. The van der Waals surface area contributed by atoms with Crippen LogP contribution in [0.4, 0.5) is 0 Å². The van der Waals surface area contributed by atoms with Crippen molar-refractivity contribution < 1.29 is 42.9 Å². The van der Waals surface area contributed by atoms with Gasteiger partial charge in [-0.3, -0.25) is 19.2 Å². The molecule has 0 unspecified atom stereocenters. The van der Waals surface area contributed by atoms with Gasteiger partial charge in [0.1, 0.15) is 18.8 Å². The molecule has 1 saturated heterocycles. The van der Waals surface area contributed by atoms with Crippen LogP contribution in [0.2, 0.25) is 0 Å². The van der Waals surface area contributed by atoms with Crippen molar-refractivity contribution in [2.75, 3.05) is 13.2 Å². The first-order valence-electron chi connectivity index (χ1n) is 9.94. The summed E-state index contributed by atoms with van der Waals surface area (Å²) in [5, 5.41) is 2.74. The van der Waals surface area contributed by atoms with E-state index in [0.717, 1.165) is 0 Å². The van der Waals surface area contributed by atoms with Crippen molar-refractivity contribution in [1.82, 2.24) is 5.32 Å². The van der Waals surface area contributed by atoms with Crippen LogP contribution in [0.5, 0.6) is 0 Å². The van der Waals surface area contributed by atoms with Crippen LogP contribution in [0.25, 0.3) is 0 Å². The maximum atomic E-state index is 12.8. The lowest BCUT2D eigenvalue weighted by Gasteiger charge is -2.44. The predicted molar refractivity (Wildman–Crippen MR) is 110 cm³/mol. The first-order valence-corrected chi connectivity index (χ1v) is 9.94. The Kier molecular flexibility index (Phi) is 9.36. The van der Waals surface area contributed by atoms with Crippen LogP contribution in [0.1, 0.15) is 31.1 Å². The van der Waals surface area contributed by atoms with E-state index < -0.39 is 54.5 Å². The Hall–Kier alpha value is -3.24. The number of hydrogen-bond donors (Lipinski definition) is 1. The van der Waals surface area contributed by atoms with Crippen molar-refractivity contribution in [3.8, 4) is 0 Å². The lowest BCUT2D eigenvalue weighted by molar-refractivity contribution is -0.274. The van der Waals surface area contributed by atoms with E-state index in [-0.39, 0.29) is 13.2 Å². The predicted octanol–water partition coefficient (Wildman–Crippen LogP) is 1.14. The van der Waals surface area contributed by atoms with E-state index in [4.69, 9.17) is 23.7 Å². The summed E-state index contributed by atoms with van der Waals surface area (Å²) in [5.74, 6) is -2.42. The number of amides is 1. The number of nitrogens with one attached hydrogen (secondary N) is 1. The van der Waals surface area contributed by atoms with Gasteiger partial charge in [-0.15, -0.1) is 6.58 Å². The van der Waals surface area contributed by atoms with Gasteiger partial charge >= 0.3 is 17.9 Å². The maximum absolute atomic E-state index is 12.8. The smallest absolute Gasteiger partial charge is 0.303 e. The minimum atomic E-state index is -1.19.